The van der Waals surface area contributed by atoms with Crippen molar-refractivity contribution in [2.75, 3.05) is 0 Å². The van der Waals surface area contributed by atoms with Crippen molar-refractivity contribution in [3.63, 3.8) is 0 Å². The normalized spacial score (nSPS) is 10.3. The second kappa shape index (κ2) is 6.00. The number of nitrogens with zero attached hydrogens (tertiary/aromatic N) is 1. The van der Waals surface area contributed by atoms with Gasteiger partial charge in [-0.1, -0.05) is 24.3 Å². The smallest absolute Gasteiger partial charge is 0.313 e. The number of benzene rings is 2. The molecule has 0 unspecified atom stereocenters. The zero-order valence-corrected chi connectivity index (χ0v) is 12.2. The summed E-state index contributed by atoms with van der Waals surface area (Å²) in [6.07, 6.45) is 0. The van der Waals surface area contributed by atoms with Crippen molar-refractivity contribution in [2.45, 2.75) is 13.5 Å². The molecule has 0 amide bonds. The van der Waals surface area contributed by atoms with E-state index in [4.69, 9.17) is 4.74 Å². The van der Waals surface area contributed by atoms with E-state index in [1.165, 1.54) is 12.1 Å². The van der Waals surface area contributed by atoms with E-state index < -0.39 is 10.7 Å². The van der Waals surface area contributed by atoms with E-state index in [2.05, 4.69) is 15.9 Å². The van der Waals surface area contributed by atoms with Gasteiger partial charge in [-0.15, -0.1) is 0 Å². The summed E-state index contributed by atoms with van der Waals surface area (Å²) in [5, 5.41) is 11.0. The summed E-state index contributed by atoms with van der Waals surface area (Å²) in [7, 11) is 0. The summed E-state index contributed by atoms with van der Waals surface area (Å²) in [6, 6.07) is 9.42. The fourth-order valence-electron chi connectivity index (χ4n) is 1.80. The molecule has 0 aromatic heterocycles. The Hall–Kier alpha value is -1.95. The van der Waals surface area contributed by atoms with Crippen LogP contribution in [0.25, 0.3) is 0 Å². The van der Waals surface area contributed by atoms with E-state index in [0.29, 0.717) is 15.6 Å². The summed E-state index contributed by atoms with van der Waals surface area (Å²) in [6.45, 7) is 1.69. The first-order valence-electron chi connectivity index (χ1n) is 5.80. The molecule has 0 fully saturated rings. The Kier molecular flexibility index (Phi) is 4.34. The van der Waals surface area contributed by atoms with E-state index >= 15 is 0 Å². The first kappa shape index (κ1) is 14.5. The van der Waals surface area contributed by atoms with Crippen LogP contribution in [0, 0.1) is 22.9 Å². The van der Waals surface area contributed by atoms with Crippen LogP contribution < -0.4 is 4.74 Å². The Morgan fingerprint density at radius 1 is 1.30 bits per heavy atom. The summed E-state index contributed by atoms with van der Waals surface area (Å²) < 4.78 is 19.1. The van der Waals surface area contributed by atoms with Crippen LogP contribution in [-0.2, 0) is 6.61 Å². The molecule has 0 N–H and O–H groups in total. The Labute approximate surface area is 123 Å². The van der Waals surface area contributed by atoms with Gasteiger partial charge >= 0.3 is 5.69 Å². The Balaban J connectivity index is 2.26. The highest BCUT2D eigenvalue weighted by molar-refractivity contribution is 9.10. The second-order valence-electron chi connectivity index (χ2n) is 4.18. The Bertz CT molecular complexity index is 661. The number of rotatable bonds is 4. The maximum atomic E-state index is 13.4. The zero-order valence-electron chi connectivity index (χ0n) is 10.6. The van der Waals surface area contributed by atoms with Gasteiger partial charge in [-0.05, 0) is 35.0 Å². The van der Waals surface area contributed by atoms with Crippen LogP contribution in [-0.4, -0.2) is 4.92 Å². The summed E-state index contributed by atoms with van der Waals surface area (Å²) in [5.41, 5.74) is 1.03. The van der Waals surface area contributed by atoms with Crippen molar-refractivity contribution in [1.82, 2.24) is 0 Å². The SMILES string of the molecule is Cc1cccc(OCc2cccc(F)c2Br)c1[N+](=O)[O-]. The van der Waals surface area contributed by atoms with Crippen LogP contribution in [0.3, 0.4) is 0 Å². The minimum absolute atomic E-state index is 0.0443. The summed E-state index contributed by atoms with van der Waals surface area (Å²) >= 11 is 3.13. The average Bonchev–Trinajstić information content (AvgIpc) is 2.40. The first-order chi connectivity index (χ1) is 9.50. The van der Waals surface area contributed by atoms with E-state index in [1.54, 1.807) is 31.2 Å². The van der Waals surface area contributed by atoms with Crippen molar-refractivity contribution in [3.05, 3.63) is 67.9 Å². The van der Waals surface area contributed by atoms with Crippen LogP contribution in [0.4, 0.5) is 10.1 Å². The van der Waals surface area contributed by atoms with Gasteiger partial charge in [0, 0.05) is 11.1 Å². The lowest BCUT2D eigenvalue weighted by atomic mass is 10.2. The molecule has 2 aromatic rings. The standard InChI is InChI=1S/C14H11BrFNO3/c1-9-4-2-7-12(14(9)17(18)19)20-8-10-5-3-6-11(16)13(10)15/h2-7H,8H2,1H3. The van der Waals surface area contributed by atoms with Crippen molar-refractivity contribution >= 4 is 21.6 Å². The highest BCUT2D eigenvalue weighted by Crippen LogP contribution is 2.31. The zero-order chi connectivity index (χ0) is 14.7. The quantitative estimate of drug-likeness (QED) is 0.613. The molecule has 0 atom stereocenters. The molecule has 0 aliphatic rings. The predicted molar refractivity (Wildman–Crippen MR) is 76.3 cm³/mol. The molecule has 2 aromatic carbocycles. The van der Waals surface area contributed by atoms with Gasteiger partial charge in [0.1, 0.15) is 12.4 Å². The third-order valence-corrected chi connectivity index (χ3v) is 3.69. The number of hydrogen-bond donors (Lipinski definition) is 0. The fraction of sp³-hybridized carbons (Fsp3) is 0.143. The monoisotopic (exact) mass is 339 g/mol. The first-order valence-corrected chi connectivity index (χ1v) is 6.59. The van der Waals surface area contributed by atoms with Crippen LogP contribution >= 0.6 is 15.9 Å². The summed E-state index contributed by atoms with van der Waals surface area (Å²) in [5.74, 6) is -0.226. The molecule has 2 rings (SSSR count). The molecule has 6 heteroatoms. The van der Waals surface area contributed by atoms with Gasteiger partial charge in [-0.3, -0.25) is 10.1 Å². The van der Waals surface area contributed by atoms with Crippen molar-refractivity contribution in [3.8, 4) is 5.75 Å². The molecule has 0 spiro atoms. The van der Waals surface area contributed by atoms with Gasteiger partial charge < -0.3 is 4.74 Å². The van der Waals surface area contributed by atoms with Crippen LogP contribution in [0.1, 0.15) is 11.1 Å². The molecular weight excluding hydrogens is 329 g/mol. The molecular formula is C14H11BrFNO3. The third-order valence-electron chi connectivity index (χ3n) is 2.80. The molecule has 0 saturated carbocycles. The lowest BCUT2D eigenvalue weighted by Gasteiger charge is -2.09. The lowest BCUT2D eigenvalue weighted by molar-refractivity contribution is -0.386. The third kappa shape index (κ3) is 2.96. The van der Waals surface area contributed by atoms with Crippen molar-refractivity contribution in [2.24, 2.45) is 0 Å². The van der Waals surface area contributed by atoms with E-state index in [-0.39, 0.29) is 18.0 Å². The van der Waals surface area contributed by atoms with Gasteiger partial charge in [0.2, 0.25) is 0 Å². The number of aryl methyl sites for hydroxylation is 1. The number of para-hydroxylation sites is 1. The highest BCUT2D eigenvalue weighted by atomic mass is 79.9. The molecule has 0 radical (unpaired) electrons. The number of halogens is 2. The van der Waals surface area contributed by atoms with Crippen LogP contribution in [0.2, 0.25) is 0 Å². The van der Waals surface area contributed by atoms with Gasteiger partial charge in [0.25, 0.3) is 0 Å². The fourth-order valence-corrected chi connectivity index (χ4v) is 2.18. The molecule has 104 valence electrons. The predicted octanol–water partition coefficient (Wildman–Crippen LogP) is 4.38. The van der Waals surface area contributed by atoms with Gasteiger partial charge in [0.05, 0.1) is 9.40 Å². The largest absolute Gasteiger partial charge is 0.482 e. The Morgan fingerprint density at radius 3 is 2.70 bits per heavy atom. The van der Waals surface area contributed by atoms with Gasteiger partial charge in [0.15, 0.2) is 5.75 Å². The molecule has 0 saturated heterocycles. The average molecular weight is 340 g/mol. The van der Waals surface area contributed by atoms with E-state index in [9.17, 15) is 14.5 Å². The highest BCUT2D eigenvalue weighted by Gasteiger charge is 2.18. The molecule has 4 nitrogen and oxygen atoms in total. The second-order valence-corrected chi connectivity index (χ2v) is 4.97. The summed E-state index contributed by atoms with van der Waals surface area (Å²) in [4.78, 5) is 10.6. The lowest BCUT2D eigenvalue weighted by Crippen LogP contribution is -2.01. The molecule has 0 aliphatic carbocycles. The molecule has 0 heterocycles. The Morgan fingerprint density at radius 2 is 2.00 bits per heavy atom. The topological polar surface area (TPSA) is 52.4 Å². The molecule has 20 heavy (non-hydrogen) atoms. The van der Waals surface area contributed by atoms with Gasteiger partial charge in [-0.2, -0.15) is 0 Å². The molecule has 0 bridgehead atoms. The van der Waals surface area contributed by atoms with Crippen LogP contribution in [0.5, 0.6) is 5.75 Å². The maximum Gasteiger partial charge on any atom is 0.313 e. The van der Waals surface area contributed by atoms with Crippen molar-refractivity contribution in [1.29, 1.82) is 0 Å². The van der Waals surface area contributed by atoms with E-state index in [0.717, 1.165) is 0 Å². The van der Waals surface area contributed by atoms with Crippen LogP contribution in [0.15, 0.2) is 40.9 Å². The minimum atomic E-state index is -0.481. The minimum Gasteiger partial charge on any atom is -0.482 e. The number of nitro groups is 1. The molecule has 0 aliphatic heterocycles. The van der Waals surface area contributed by atoms with Gasteiger partial charge in [-0.25, -0.2) is 4.39 Å². The maximum absolute atomic E-state index is 13.4. The van der Waals surface area contributed by atoms with E-state index in [1.807, 2.05) is 0 Å². The van der Waals surface area contributed by atoms with Crippen molar-refractivity contribution < 1.29 is 14.1 Å². The number of ether oxygens (including phenoxy) is 1. The number of nitro benzene ring substituents is 1. The number of hydrogen-bond acceptors (Lipinski definition) is 3.